The fourth-order valence-electron chi connectivity index (χ4n) is 1.69. The molecule has 1 aliphatic heterocycles. The highest BCUT2D eigenvalue weighted by Crippen LogP contribution is 2.04. The summed E-state index contributed by atoms with van der Waals surface area (Å²) in [6, 6.07) is 7.30. The number of ether oxygens (including phenoxy) is 2. The SMILES string of the molecule is C1CCNCC1.COC.COC(=O)c1cccc(C)c1. The van der Waals surface area contributed by atoms with Gasteiger partial charge in [0.15, 0.2) is 0 Å². The van der Waals surface area contributed by atoms with Crippen molar-refractivity contribution < 1.29 is 14.3 Å². The van der Waals surface area contributed by atoms with Gasteiger partial charge in [-0.2, -0.15) is 0 Å². The molecule has 1 N–H and O–H groups in total. The topological polar surface area (TPSA) is 47.6 Å². The molecule has 1 fully saturated rings. The van der Waals surface area contributed by atoms with Crippen LogP contribution in [0.5, 0.6) is 0 Å². The summed E-state index contributed by atoms with van der Waals surface area (Å²) >= 11 is 0. The zero-order valence-electron chi connectivity index (χ0n) is 13.1. The van der Waals surface area contributed by atoms with Crippen LogP contribution in [-0.4, -0.2) is 40.4 Å². The number of rotatable bonds is 1. The van der Waals surface area contributed by atoms with E-state index in [0.29, 0.717) is 5.56 Å². The van der Waals surface area contributed by atoms with Crippen LogP contribution >= 0.6 is 0 Å². The van der Waals surface area contributed by atoms with Gasteiger partial charge >= 0.3 is 5.97 Å². The first-order valence-electron chi connectivity index (χ1n) is 6.91. The highest BCUT2D eigenvalue weighted by molar-refractivity contribution is 5.89. The van der Waals surface area contributed by atoms with Crippen molar-refractivity contribution in [2.75, 3.05) is 34.4 Å². The van der Waals surface area contributed by atoms with Crippen LogP contribution in [0.25, 0.3) is 0 Å². The summed E-state index contributed by atoms with van der Waals surface area (Å²) < 4.78 is 8.80. The summed E-state index contributed by atoms with van der Waals surface area (Å²) in [6.07, 6.45) is 4.22. The molecular formula is C16H27NO3. The van der Waals surface area contributed by atoms with Gasteiger partial charge in [-0.3, -0.25) is 0 Å². The van der Waals surface area contributed by atoms with Crippen molar-refractivity contribution in [1.82, 2.24) is 5.32 Å². The Labute approximate surface area is 122 Å². The molecule has 4 heteroatoms. The fourth-order valence-corrected chi connectivity index (χ4v) is 1.69. The lowest BCUT2D eigenvalue weighted by molar-refractivity contribution is 0.0600. The lowest BCUT2D eigenvalue weighted by Crippen LogP contribution is -2.21. The molecule has 1 aliphatic rings. The Morgan fingerprint density at radius 2 is 1.70 bits per heavy atom. The molecule has 1 aromatic rings. The minimum Gasteiger partial charge on any atom is -0.465 e. The van der Waals surface area contributed by atoms with Crippen molar-refractivity contribution in [3.63, 3.8) is 0 Å². The van der Waals surface area contributed by atoms with Gasteiger partial charge in [0.2, 0.25) is 0 Å². The first-order valence-corrected chi connectivity index (χ1v) is 6.91. The van der Waals surface area contributed by atoms with Crippen LogP contribution in [0.2, 0.25) is 0 Å². The minimum atomic E-state index is -0.284. The molecule has 0 bridgehead atoms. The van der Waals surface area contributed by atoms with Gasteiger partial charge in [-0.15, -0.1) is 0 Å². The van der Waals surface area contributed by atoms with Crippen LogP contribution in [0.3, 0.4) is 0 Å². The fraction of sp³-hybridized carbons (Fsp3) is 0.562. The van der Waals surface area contributed by atoms with Crippen LogP contribution in [0.1, 0.15) is 35.2 Å². The zero-order valence-corrected chi connectivity index (χ0v) is 13.1. The second kappa shape index (κ2) is 12.6. The summed E-state index contributed by atoms with van der Waals surface area (Å²) in [5.74, 6) is -0.284. The molecule has 4 nitrogen and oxygen atoms in total. The van der Waals surface area contributed by atoms with E-state index in [-0.39, 0.29) is 5.97 Å². The molecule has 0 spiro atoms. The number of carbonyl (C=O) groups excluding carboxylic acids is 1. The van der Waals surface area contributed by atoms with Crippen LogP contribution < -0.4 is 5.32 Å². The van der Waals surface area contributed by atoms with E-state index < -0.39 is 0 Å². The van der Waals surface area contributed by atoms with E-state index in [2.05, 4.69) is 14.8 Å². The predicted molar refractivity (Wildman–Crippen MR) is 82.2 cm³/mol. The maximum atomic E-state index is 10.9. The van der Waals surface area contributed by atoms with E-state index in [0.717, 1.165) is 5.56 Å². The molecule has 20 heavy (non-hydrogen) atoms. The second-order valence-electron chi connectivity index (χ2n) is 4.58. The number of esters is 1. The van der Waals surface area contributed by atoms with Gasteiger partial charge in [-0.25, -0.2) is 4.79 Å². The van der Waals surface area contributed by atoms with Crippen molar-refractivity contribution in [2.24, 2.45) is 0 Å². The maximum absolute atomic E-state index is 10.9. The molecule has 0 radical (unpaired) electrons. The van der Waals surface area contributed by atoms with E-state index in [1.807, 2.05) is 19.1 Å². The van der Waals surface area contributed by atoms with Gasteiger partial charge < -0.3 is 14.8 Å². The van der Waals surface area contributed by atoms with Crippen molar-refractivity contribution in [2.45, 2.75) is 26.2 Å². The third kappa shape index (κ3) is 9.53. The molecule has 0 aromatic heterocycles. The Hall–Kier alpha value is -1.39. The minimum absolute atomic E-state index is 0.284. The van der Waals surface area contributed by atoms with Crippen molar-refractivity contribution in [3.8, 4) is 0 Å². The molecule has 114 valence electrons. The normalized spacial score (nSPS) is 13.2. The van der Waals surface area contributed by atoms with Crippen LogP contribution in [-0.2, 0) is 9.47 Å². The molecular weight excluding hydrogens is 254 g/mol. The number of nitrogens with one attached hydrogen (secondary N) is 1. The molecule has 0 atom stereocenters. The van der Waals surface area contributed by atoms with E-state index in [1.165, 1.54) is 39.5 Å². The summed E-state index contributed by atoms with van der Waals surface area (Å²) in [5, 5.41) is 3.28. The Kier molecular flexibility index (Phi) is 11.8. The second-order valence-corrected chi connectivity index (χ2v) is 4.58. The molecule has 0 saturated carbocycles. The third-order valence-electron chi connectivity index (χ3n) is 2.65. The third-order valence-corrected chi connectivity index (χ3v) is 2.65. The quantitative estimate of drug-likeness (QED) is 0.804. The first-order chi connectivity index (χ1) is 9.65. The standard InChI is InChI=1S/C9H10O2.C5H11N.C2H6O/c1-7-4-3-5-8(6-7)9(10)11-2;1-2-4-6-5-3-1;1-3-2/h3-6H,1-2H3;6H,1-5H2;1-2H3. The lowest BCUT2D eigenvalue weighted by atomic mass is 10.1. The Bertz CT molecular complexity index is 351. The lowest BCUT2D eigenvalue weighted by Gasteiger charge is -2.08. The van der Waals surface area contributed by atoms with Gasteiger partial charge in [0.05, 0.1) is 12.7 Å². The molecule has 1 saturated heterocycles. The highest BCUT2D eigenvalue weighted by atomic mass is 16.5. The average molecular weight is 281 g/mol. The number of aryl methyl sites for hydroxylation is 1. The highest BCUT2D eigenvalue weighted by Gasteiger charge is 2.02. The first kappa shape index (κ1) is 18.6. The molecule has 1 heterocycles. The van der Waals surface area contributed by atoms with Gasteiger partial charge in [-0.1, -0.05) is 24.1 Å². The van der Waals surface area contributed by atoms with Crippen molar-refractivity contribution in [1.29, 1.82) is 0 Å². The number of hydrogen-bond acceptors (Lipinski definition) is 4. The van der Waals surface area contributed by atoms with E-state index in [9.17, 15) is 4.79 Å². The smallest absolute Gasteiger partial charge is 0.337 e. The van der Waals surface area contributed by atoms with Crippen molar-refractivity contribution >= 4 is 5.97 Å². The van der Waals surface area contributed by atoms with Crippen LogP contribution in [0.15, 0.2) is 24.3 Å². The Balaban J connectivity index is 0.000000336. The molecule has 0 amide bonds. The number of benzene rings is 1. The Morgan fingerprint density at radius 3 is 2.05 bits per heavy atom. The van der Waals surface area contributed by atoms with E-state index >= 15 is 0 Å². The molecule has 1 aromatic carbocycles. The average Bonchev–Trinajstić information content (AvgIpc) is 2.49. The predicted octanol–water partition coefficient (Wildman–Crippen LogP) is 2.80. The van der Waals surface area contributed by atoms with E-state index in [1.54, 1.807) is 26.4 Å². The van der Waals surface area contributed by atoms with Crippen LogP contribution in [0, 0.1) is 6.92 Å². The summed E-state index contributed by atoms with van der Waals surface area (Å²) in [6.45, 7) is 4.44. The van der Waals surface area contributed by atoms with Crippen molar-refractivity contribution in [3.05, 3.63) is 35.4 Å². The number of carbonyl (C=O) groups is 1. The summed E-state index contributed by atoms with van der Waals surface area (Å²) in [4.78, 5) is 10.9. The molecule has 0 aliphatic carbocycles. The summed E-state index contributed by atoms with van der Waals surface area (Å²) in [7, 11) is 4.63. The van der Waals surface area contributed by atoms with Crippen LogP contribution in [0.4, 0.5) is 0 Å². The largest absolute Gasteiger partial charge is 0.465 e. The monoisotopic (exact) mass is 281 g/mol. The summed E-state index contributed by atoms with van der Waals surface area (Å²) in [5.41, 5.74) is 1.67. The zero-order chi connectivity index (χ0) is 15.2. The molecule has 0 unspecified atom stereocenters. The number of methoxy groups -OCH3 is 2. The van der Waals surface area contributed by atoms with Gasteiger partial charge in [-0.05, 0) is 45.0 Å². The number of piperidine rings is 1. The molecule has 2 rings (SSSR count). The number of hydrogen-bond donors (Lipinski definition) is 1. The van der Waals surface area contributed by atoms with Gasteiger partial charge in [0.1, 0.15) is 0 Å². The van der Waals surface area contributed by atoms with Gasteiger partial charge in [0, 0.05) is 14.2 Å². The van der Waals surface area contributed by atoms with E-state index in [4.69, 9.17) is 0 Å². The maximum Gasteiger partial charge on any atom is 0.337 e. The van der Waals surface area contributed by atoms with Gasteiger partial charge in [0.25, 0.3) is 0 Å². The Morgan fingerprint density at radius 1 is 1.10 bits per heavy atom.